The maximum absolute atomic E-state index is 11.3. The van der Waals surface area contributed by atoms with E-state index in [0.29, 0.717) is 60.7 Å². The van der Waals surface area contributed by atoms with Crippen molar-refractivity contribution in [3.63, 3.8) is 0 Å². The average Bonchev–Trinajstić information content (AvgIpc) is 4.00. The summed E-state index contributed by atoms with van der Waals surface area (Å²) in [6.45, 7) is 6.30. The van der Waals surface area contributed by atoms with E-state index >= 15 is 0 Å². The number of aromatic amines is 1. The molecule has 12 N–H and O–H groups in total. The zero-order valence-electron chi connectivity index (χ0n) is 37.9. The van der Waals surface area contributed by atoms with Gasteiger partial charge in [0, 0.05) is 75.0 Å². The van der Waals surface area contributed by atoms with Crippen LogP contribution >= 0.6 is 0 Å². The third kappa shape index (κ3) is 15.3. The molecule has 1 saturated carbocycles. The van der Waals surface area contributed by atoms with Crippen LogP contribution in [0.1, 0.15) is 149 Å². The van der Waals surface area contributed by atoms with Crippen LogP contribution in [0.2, 0.25) is 0 Å². The second-order valence-corrected chi connectivity index (χ2v) is 18.6. The summed E-state index contributed by atoms with van der Waals surface area (Å²) in [5.41, 5.74) is 17.3. The first kappa shape index (κ1) is 49.4. The normalized spacial score (nSPS) is 20.3. The number of benzene rings is 1. The van der Waals surface area contributed by atoms with Gasteiger partial charge in [0.1, 0.15) is 24.2 Å². The first-order valence-corrected chi connectivity index (χ1v) is 23.7. The van der Waals surface area contributed by atoms with E-state index in [1.54, 1.807) is 20.0 Å². The number of rotatable bonds is 28. The number of nitrogens with one attached hydrogen (secondary N) is 3. The van der Waals surface area contributed by atoms with Crippen LogP contribution in [0.5, 0.6) is 11.5 Å². The molecule has 2 aliphatic rings. The van der Waals surface area contributed by atoms with Crippen LogP contribution in [-0.4, -0.2) is 88.5 Å². The van der Waals surface area contributed by atoms with E-state index in [-0.39, 0.29) is 31.6 Å². The fourth-order valence-corrected chi connectivity index (χ4v) is 10.0. The molecule has 8 unspecified atom stereocenters. The Morgan fingerprint density at radius 2 is 1.79 bits per heavy atom. The number of guanidine groups is 1. The van der Waals surface area contributed by atoms with Crippen LogP contribution < -0.4 is 26.8 Å². The highest BCUT2D eigenvalue weighted by Gasteiger charge is 2.38. The summed E-state index contributed by atoms with van der Waals surface area (Å²) < 4.78 is 12.4. The number of fused-ring (bicyclic) bond motifs is 2. The van der Waals surface area contributed by atoms with Crippen molar-refractivity contribution in [3.8, 4) is 11.5 Å². The second kappa shape index (κ2) is 25.6. The van der Waals surface area contributed by atoms with Gasteiger partial charge in [-0.25, -0.2) is 0 Å². The van der Waals surface area contributed by atoms with Crippen molar-refractivity contribution < 1.29 is 34.7 Å². The number of nitrogens with zero attached hydrogens (tertiary/aromatic N) is 1. The second-order valence-electron chi connectivity index (χ2n) is 18.6. The number of furan rings is 1. The number of hydrogen-bond acceptors (Lipinski definition) is 10. The molecule has 62 heavy (non-hydrogen) atoms. The molecule has 13 nitrogen and oxygen atoms in total. The van der Waals surface area contributed by atoms with Gasteiger partial charge in [-0.1, -0.05) is 51.5 Å². The van der Waals surface area contributed by atoms with Crippen LogP contribution in [0.4, 0.5) is 0 Å². The molecule has 0 amide bonds. The van der Waals surface area contributed by atoms with E-state index in [1.807, 2.05) is 18.2 Å². The summed E-state index contributed by atoms with van der Waals surface area (Å²) in [7, 11) is 1.68. The van der Waals surface area contributed by atoms with Gasteiger partial charge < -0.3 is 61.8 Å². The van der Waals surface area contributed by atoms with Gasteiger partial charge >= 0.3 is 0 Å². The summed E-state index contributed by atoms with van der Waals surface area (Å²) in [6, 6.07) is 9.50. The summed E-state index contributed by atoms with van der Waals surface area (Å²) >= 11 is 0. The van der Waals surface area contributed by atoms with Gasteiger partial charge in [0.2, 0.25) is 0 Å². The zero-order valence-corrected chi connectivity index (χ0v) is 37.9. The zero-order chi connectivity index (χ0) is 44.4. The maximum Gasteiger partial charge on any atom is 0.188 e. The van der Waals surface area contributed by atoms with Crippen molar-refractivity contribution >= 4 is 5.96 Å². The summed E-state index contributed by atoms with van der Waals surface area (Å²) in [6.07, 6.45) is 15.6. The number of aryl methyl sites for hydroxylation is 4. The number of H-pyrrole nitrogens is 1. The molecule has 2 heterocycles. The van der Waals surface area contributed by atoms with Gasteiger partial charge in [-0.15, -0.1) is 0 Å². The van der Waals surface area contributed by atoms with Crippen molar-refractivity contribution in [1.29, 1.82) is 0 Å². The molecule has 0 radical (unpaired) electrons. The number of nitrogens with two attached hydrogens (primary N) is 2. The molecule has 2 aromatic heterocycles. The van der Waals surface area contributed by atoms with Crippen LogP contribution in [0.3, 0.4) is 0 Å². The van der Waals surface area contributed by atoms with Gasteiger partial charge in [0.25, 0.3) is 0 Å². The highest BCUT2D eigenvalue weighted by molar-refractivity contribution is 5.77. The third-order valence-electron chi connectivity index (χ3n) is 13.5. The summed E-state index contributed by atoms with van der Waals surface area (Å²) in [4.78, 5) is 7.51. The van der Waals surface area contributed by atoms with Gasteiger partial charge in [-0.2, -0.15) is 0 Å². The monoisotopic (exact) mass is 865 g/mol. The van der Waals surface area contributed by atoms with Crippen molar-refractivity contribution in [2.75, 3.05) is 39.9 Å². The quantitative estimate of drug-likeness (QED) is 0.0222. The minimum absolute atomic E-state index is 0.00581. The molecule has 1 aromatic carbocycles. The van der Waals surface area contributed by atoms with Gasteiger partial charge in [0.15, 0.2) is 17.5 Å². The van der Waals surface area contributed by atoms with Crippen LogP contribution in [0.25, 0.3) is 0 Å². The maximum atomic E-state index is 11.3. The van der Waals surface area contributed by atoms with Crippen molar-refractivity contribution in [1.82, 2.24) is 15.6 Å². The van der Waals surface area contributed by atoms with Crippen molar-refractivity contribution in [3.05, 3.63) is 69.9 Å². The fraction of sp³-hybridized carbons (Fsp3) is 0.694. The highest BCUT2D eigenvalue weighted by atomic mass is 16.5. The van der Waals surface area contributed by atoms with Gasteiger partial charge in [-0.3, -0.25) is 4.99 Å². The van der Waals surface area contributed by atoms with E-state index in [4.69, 9.17) is 20.6 Å². The molecule has 5 rings (SSSR count). The van der Waals surface area contributed by atoms with E-state index in [1.165, 1.54) is 30.5 Å². The Kier molecular flexibility index (Phi) is 20.4. The lowest BCUT2D eigenvalue weighted by atomic mass is 9.80. The van der Waals surface area contributed by atoms with Crippen molar-refractivity contribution in [2.45, 2.75) is 154 Å². The number of ether oxygens (including phenoxy) is 1. The minimum atomic E-state index is -0.891. The Hall–Kier alpha value is -3.59. The van der Waals surface area contributed by atoms with Crippen LogP contribution in [0.15, 0.2) is 39.7 Å². The topological polar surface area (TPSA) is 228 Å². The van der Waals surface area contributed by atoms with E-state index < -0.39 is 12.2 Å². The Morgan fingerprint density at radius 1 is 0.968 bits per heavy atom. The average molecular weight is 865 g/mol. The smallest absolute Gasteiger partial charge is 0.188 e. The van der Waals surface area contributed by atoms with E-state index in [0.717, 1.165) is 118 Å². The Morgan fingerprint density at radius 3 is 2.56 bits per heavy atom. The number of aliphatic imine (C=N–C) groups is 1. The number of aliphatic hydroxyl groups excluding tert-OH is 4. The standard InChI is InChI=1S/C49H80N6O7/c1-32(27-54-49(51)52-3)9-6-11-34(23-38(50)13-8-22-56)10-4-5-15-47-37(30-57)25-39(62-47)19-16-35-17-21-45(59)48(24-35)61-31-46(60)44-26-41-42(29-53-28-33(2)58)40-14-7-12-36(40)18-20-43(41)55-44/h17,21,24-26,32-34,36,38,40,42,46,53,55-60H,4-16,18-20,22-23,27-31,50H2,1-3H3,(H3,51,52,54). The van der Waals surface area contributed by atoms with E-state index in [2.05, 4.69) is 33.6 Å². The first-order chi connectivity index (χ1) is 30.0. The molecule has 3 aromatic rings. The molecule has 0 aliphatic heterocycles. The number of aliphatic hydroxyl groups is 4. The SMILES string of the molecule is CN=C(N)NCC(C)CCCC(CCCCc1oc(CCc2ccc(O)c(OCC(O)c3cc4c([nH]3)CCC3CCCC3C4CNCC(C)O)c2)cc1CO)CC(N)CCCO. The highest BCUT2D eigenvalue weighted by Crippen LogP contribution is 2.47. The number of phenols is 1. The molecule has 1 fully saturated rings. The number of phenolic OH excluding ortho intramolecular Hbond substituents is 1. The fourth-order valence-electron chi connectivity index (χ4n) is 10.0. The lowest BCUT2D eigenvalue weighted by Gasteiger charge is -2.27. The van der Waals surface area contributed by atoms with E-state index in [9.17, 15) is 25.5 Å². The molecule has 8 atom stereocenters. The molecule has 348 valence electrons. The van der Waals surface area contributed by atoms with Gasteiger partial charge in [-0.05, 0) is 124 Å². The lowest BCUT2D eigenvalue weighted by molar-refractivity contribution is 0.103. The molecule has 2 aliphatic carbocycles. The molecule has 0 spiro atoms. The molecule has 0 saturated heterocycles. The predicted octanol–water partition coefficient (Wildman–Crippen LogP) is 6.28. The summed E-state index contributed by atoms with van der Waals surface area (Å²) in [5, 5.41) is 58.0. The Labute approximate surface area is 370 Å². The molecular weight excluding hydrogens is 785 g/mol. The lowest BCUT2D eigenvalue weighted by Crippen LogP contribution is -2.34. The first-order valence-electron chi connectivity index (χ1n) is 23.7. The minimum Gasteiger partial charge on any atom is -0.504 e. The van der Waals surface area contributed by atoms with Crippen LogP contribution in [-0.2, 0) is 32.3 Å². The third-order valence-corrected chi connectivity index (χ3v) is 13.5. The molecular formula is C49H80N6O7. The van der Waals surface area contributed by atoms with Crippen molar-refractivity contribution in [2.24, 2.45) is 40.1 Å². The Balaban J connectivity index is 1.10. The molecule has 0 bridgehead atoms. The summed E-state index contributed by atoms with van der Waals surface area (Å²) in [5.74, 6) is 5.13. The number of aromatic hydroxyl groups is 1. The van der Waals surface area contributed by atoms with Crippen LogP contribution in [0, 0.1) is 23.7 Å². The number of hydrogen-bond donors (Lipinski definition) is 10. The van der Waals surface area contributed by atoms with Gasteiger partial charge in [0.05, 0.1) is 12.7 Å². The Bertz CT molecular complexity index is 1780. The molecule has 13 heteroatoms. The number of aromatic nitrogens is 1. The predicted molar refractivity (Wildman–Crippen MR) is 246 cm³/mol. The largest absolute Gasteiger partial charge is 0.504 e. The number of unbranched alkanes of at least 4 members (excludes halogenated alkanes) is 1.